The lowest BCUT2D eigenvalue weighted by atomic mass is 10.0. The van der Waals surface area contributed by atoms with E-state index in [2.05, 4.69) is 0 Å². The van der Waals surface area contributed by atoms with Crippen LogP contribution in [0.5, 0.6) is 0 Å². The Bertz CT molecular complexity index is 3120. The van der Waals surface area contributed by atoms with Gasteiger partial charge in [0.1, 0.15) is 18.5 Å². The van der Waals surface area contributed by atoms with Crippen LogP contribution >= 0.6 is 11.6 Å². The van der Waals surface area contributed by atoms with Gasteiger partial charge in [-0.1, -0.05) is 84.4 Å². The minimum Gasteiger partial charge on any atom is -0.464 e. The molecule has 64 heavy (non-hydrogen) atoms. The van der Waals surface area contributed by atoms with Crippen molar-refractivity contribution in [1.82, 2.24) is 14.1 Å². The molecule has 14 nitrogen and oxygen atoms in total. The fourth-order valence-electron chi connectivity index (χ4n) is 7.48. The number of nitrogens with two attached hydrogens (primary N) is 1. The Kier molecular flexibility index (Phi) is 11.4. The van der Waals surface area contributed by atoms with E-state index >= 15 is 4.79 Å². The molecule has 0 saturated carbocycles. The summed E-state index contributed by atoms with van der Waals surface area (Å²) >= 11 is 6.44. The Morgan fingerprint density at radius 1 is 0.688 bits per heavy atom. The van der Waals surface area contributed by atoms with Gasteiger partial charge in [-0.3, -0.25) is 4.79 Å². The molecule has 0 radical (unpaired) electrons. The van der Waals surface area contributed by atoms with E-state index in [0.717, 1.165) is 9.13 Å². The maximum absolute atomic E-state index is 15.4. The van der Waals surface area contributed by atoms with E-state index in [-0.39, 0.29) is 49.8 Å². The number of fused-ring (bicyclic) bond motifs is 1. The summed E-state index contributed by atoms with van der Waals surface area (Å²) in [6, 6.07) is 42.1. The zero-order chi connectivity index (χ0) is 44.3. The Hall–Kier alpha value is -8.07. The monoisotopic (exact) mass is 874 g/mol. The van der Waals surface area contributed by atoms with Gasteiger partial charge in [0.25, 0.3) is 5.56 Å². The number of aromatic nitrogens is 3. The van der Waals surface area contributed by atoms with Crippen molar-refractivity contribution in [2.75, 3.05) is 12.3 Å². The van der Waals surface area contributed by atoms with Gasteiger partial charge < -0.3 is 29.1 Å². The van der Waals surface area contributed by atoms with Gasteiger partial charge in [0.2, 0.25) is 0 Å². The number of esters is 3. The number of rotatable bonds is 11. The zero-order valence-electron chi connectivity index (χ0n) is 33.5. The molecule has 0 unspecified atom stereocenters. The van der Waals surface area contributed by atoms with Crippen LogP contribution in [0.1, 0.15) is 37.3 Å². The fourth-order valence-corrected chi connectivity index (χ4v) is 7.66. The van der Waals surface area contributed by atoms with Gasteiger partial charge in [-0.15, -0.1) is 0 Å². The number of nitrogens with zero attached hydrogens (tertiary/aromatic N) is 3. The molecule has 2 N–H and O–H groups in total. The van der Waals surface area contributed by atoms with Crippen molar-refractivity contribution in [2.24, 2.45) is 0 Å². The summed E-state index contributed by atoms with van der Waals surface area (Å²) in [7, 11) is 0. The van der Waals surface area contributed by atoms with E-state index < -0.39 is 60.3 Å². The molecule has 8 aromatic rings. The Balaban J connectivity index is 1.30. The summed E-state index contributed by atoms with van der Waals surface area (Å²) in [5.41, 5.74) is 6.20. The zero-order valence-corrected chi connectivity index (χ0v) is 34.2. The van der Waals surface area contributed by atoms with Gasteiger partial charge in [-0.05, 0) is 84.9 Å². The lowest BCUT2D eigenvalue weighted by molar-refractivity contribution is -0.0625. The molecule has 1 fully saturated rings. The van der Waals surface area contributed by atoms with E-state index in [9.17, 15) is 19.2 Å². The van der Waals surface area contributed by atoms with E-state index in [4.69, 9.17) is 45.7 Å². The number of carbonyl (C=O) groups excluding carboxylic acids is 3. The van der Waals surface area contributed by atoms with E-state index in [0.29, 0.717) is 16.9 Å². The number of hydrogen-bond donors (Lipinski definition) is 1. The topological polar surface area (TPSA) is 184 Å². The smallest absolute Gasteiger partial charge is 0.339 e. The van der Waals surface area contributed by atoms with Gasteiger partial charge in [0.15, 0.2) is 24.1 Å². The number of halogens is 1. The van der Waals surface area contributed by atoms with Crippen molar-refractivity contribution < 1.29 is 37.7 Å². The predicted octanol–water partition coefficient (Wildman–Crippen LogP) is 7.92. The first-order valence-electron chi connectivity index (χ1n) is 19.9. The molecular formula is C49H35ClN4O10. The van der Waals surface area contributed by atoms with E-state index in [1.165, 1.54) is 42.7 Å². The molecule has 318 valence electrons. The van der Waals surface area contributed by atoms with Crippen LogP contribution in [0.2, 0.25) is 5.02 Å². The number of hydrogen-bond acceptors (Lipinski definition) is 12. The Morgan fingerprint density at radius 2 is 1.30 bits per heavy atom. The molecule has 3 aromatic heterocycles. The quantitative estimate of drug-likeness (QED) is 0.0754. The Morgan fingerprint density at radius 3 is 1.89 bits per heavy atom. The third-order valence-corrected chi connectivity index (χ3v) is 10.8. The molecular weight excluding hydrogens is 840 g/mol. The number of furan rings is 1. The first-order valence-corrected chi connectivity index (χ1v) is 20.3. The van der Waals surface area contributed by atoms with Crippen molar-refractivity contribution in [1.29, 1.82) is 0 Å². The molecule has 5 aromatic carbocycles. The van der Waals surface area contributed by atoms with Gasteiger partial charge in [-0.2, -0.15) is 0 Å². The minimum atomic E-state index is -1.71. The van der Waals surface area contributed by atoms with Crippen LogP contribution in [0.4, 0.5) is 5.69 Å². The van der Waals surface area contributed by atoms with Crippen molar-refractivity contribution in [3.63, 3.8) is 0 Å². The highest BCUT2D eigenvalue weighted by Crippen LogP contribution is 2.38. The molecule has 0 bridgehead atoms. The molecule has 4 atom stereocenters. The average molecular weight is 875 g/mol. The molecule has 1 aliphatic heterocycles. The highest BCUT2D eigenvalue weighted by molar-refractivity contribution is 6.30. The molecule has 0 amide bonds. The van der Waals surface area contributed by atoms with Crippen LogP contribution in [0.15, 0.2) is 178 Å². The standard InChI is InChI=1S/C49H35ClN4O10/c50-33-18-10-19-35(26-33)53-44(55)40-36(38-20-11-25-60-38)27-37(29-21-23-34(51)24-22-29)52-43(40)54(49(53)59)45-42(64-48(58)32-16-8-3-9-17-32)41(63-47(57)31-14-6-2-7-15-31)39(62-45)28-61-46(56)30-12-4-1-5-13-30/h1-27,39,41-42,45H,28,51H2/t39-,41-,42-,45-/m1/s1. The minimum absolute atomic E-state index is 0.0855. The summed E-state index contributed by atoms with van der Waals surface area (Å²) in [4.78, 5) is 76.8. The third kappa shape index (κ3) is 8.18. The van der Waals surface area contributed by atoms with Crippen molar-refractivity contribution in [2.45, 2.75) is 24.5 Å². The van der Waals surface area contributed by atoms with Gasteiger partial charge >= 0.3 is 23.6 Å². The van der Waals surface area contributed by atoms with Crippen LogP contribution in [-0.2, 0) is 18.9 Å². The molecule has 4 heterocycles. The highest BCUT2D eigenvalue weighted by Gasteiger charge is 2.52. The first kappa shape index (κ1) is 41.3. The molecule has 0 aliphatic carbocycles. The maximum atomic E-state index is 15.4. The number of ether oxygens (including phenoxy) is 4. The van der Waals surface area contributed by atoms with Gasteiger partial charge in [0.05, 0.1) is 39.7 Å². The number of benzene rings is 5. The third-order valence-electron chi connectivity index (χ3n) is 10.5. The molecule has 15 heteroatoms. The highest BCUT2D eigenvalue weighted by atomic mass is 35.5. The average Bonchev–Trinajstić information content (AvgIpc) is 3.98. The lowest BCUT2D eigenvalue weighted by Gasteiger charge is -2.26. The Labute approximate surface area is 368 Å². The van der Waals surface area contributed by atoms with Crippen LogP contribution < -0.4 is 17.0 Å². The summed E-state index contributed by atoms with van der Waals surface area (Å²) in [5, 5.41) is 0.126. The molecule has 9 rings (SSSR count). The molecule has 1 aliphatic rings. The second-order valence-electron chi connectivity index (χ2n) is 14.6. The predicted molar refractivity (Wildman–Crippen MR) is 236 cm³/mol. The lowest BCUT2D eigenvalue weighted by Crippen LogP contribution is -2.45. The van der Waals surface area contributed by atoms with Crippen LogP contribution in [0.3, 0.4) is 0 Å². The normalized spacial score (nSPS) is 16.9. The second kappa shape index (κ2) is 17.7. The van der Waals surface area contributed by atoms with E-state index in [1.54, 1.807) is 121 Å². The number of anilines is 1. The van der Waals surface area contributed by atoms with Crippen molar-refractivity contribution >= 4 is 46.2 Å². The largest absolute Gasteiger partial charge is 0.464 e. The van der Waals surface area contributed by atoms with Crippen LogP contribution in [-0.4, -0.2) is 56.9 Å². The summed E-state index contributed by atoms with van der Waals surface area (Å²) in [6.07, 6.45) is -4.84. The first-order chi connectivity index (χ1) is 31.1. The maximum Gasteiger partial charge on any atom is 0.339 e. The fraction of sp³-hybridized carbons (Fsp3) is 0.102. The van der Waals surface area contributed by atoms with Crippen LogP contribution in [0, 0.1) is 0 Å². The summed E-state index contributed by atoms with van der Waals surface area (Å²) in [5.74, 6) is -2.17. The van der Waals surface area contributed by atoms with Gasteiger partial charge in [0, 0.05) is 21.8 Å². The number of pyridine rings is 1. The molecule has 1 saturated heterocycles. The van der Waals surface area contributed by atoms with E-state index in [1.807, 2.05) is 0 Å². The van der Waals surface area contributed by atoms with Crippen molar-refractivity contribution in [3.8, 4) is 28.3 Å². The van der Waals surface area contributed by atoms with Gasteiger partial charge in [-0.25, -0.2) is 33.3 Å². The SMILES string of the molecule is Nc1ccc(-c2cc(-c3ccco3)c3c(=O)n(-c4cccc(Cl)c4)c(=O)n([C@@H]4O[C@H](COC(=O)c5ccccc5)[C@@H](OC(=O)c5ccccc5)[C@H]4OC(=O)c4ccccc4)c3n2)cc1. The summed E-state index contributed by atoms with van der Waals surface area (Å²) < 4.78 is 32.7. The second-order valence-corrected chi connectivity index (χ2v) is 15.1. The molecule has 0 spiro atoms. The number of carbonyl (C=O) groups is 3. The summed E-state index contributed by atoms with van der Waals surface area (Å²) in [6.45, 7) is -0.543. The van der Waals surface area contributed by atoms with Crippen molar-refractivity contribution in [3.05, 3.63) is 207 Å². The number of nitrogen functional groups attached to an aromatic ring is 1. The van der Waals surface area contributed by atoms with Crippen LogP contribution in [0.25, 0.3) is 39.3 Å².